The molecule has 1 N–H and O–H groups in total. The molecule has 0 aromatic rings. The fourth-order valence-electron chi connectivity index (χ4n) is 1.75. The highest BCUT2D eigenvalue weighted by atomic mass is 16.5. The van der Waals surface area contributed by atoms with Crippen molar-refractivity contribution < 1.29 is 4.74 Å². The predicted molar refractivity (Wildman–Crippen MR) is 55.9 cm³/mol. The second-order valence-corrected chi connectivity index (χ2v) is 3.81. The molecule has 1 rings (SSSR count). The molecule has 0 saturated carbocycles. The number of hydrogen-bond donors (Lipinski definition) is 1. The first-order valence-electron chi connectivity index (χ1n) is 5.61. The quantitative estimate of drug-likeness (QED) is 0.659. The largest absolute Gasteiger partial charge is 0.381 e. The highest BCUT2D eigenvalue weighted by molar-refractivity contribution is 4.71. The molecule has 0 aromatic carbocycles. The molecule has 0 bridgehead atoms. The molecule has 0 aliphatic carbocycles. The van der Waals surface area contributed by atoms with Crippen LogP contribution in [0.2, 0.25) is 0 Å². The summed E-state index contributed by atoms with van der Waals surface area (Å²) >= 11 is 0. The summed E-state index contributed by atoms with van der Waals surface area (Å²) < 4.78 is 5.45. The Morgan fingerprint density at radius 1 is 1.36 bits per heavy atom. The minimum atomic E-state index is 0.613. The standard InChI is InChI=1S/C11H20N2O/c12-7-2-4-9-14-10-6-11-5-1-3-8-13-11/h11,13H,1-6,8-10H2. The molecule has 0 spiro atoms. The molecule has 1 saturated heterocycles. The van der Waals surface area contributed by atoms with E-state index in [1.807, 2.05) is 0 Å². The average Bonchev–Trinajstić information content (AvgIpc) is 2.25. The van der Waals surface area contributed by atoms with Gasteiger partial charge in [-0.15, -0.1) is 0 Å². The van der Waals surface area contributed by atoms with Crippen LogP contribution in [0.5, 0.6) is 0 Å². The van der Waals surface area contributed by atoms with Gasteiger partial charge in [0.25, 0.3) is 0 Å². The highest BCUT2D eigenvalue weighted by Gasteiger charge is 2.11. The van der Waals surface area contributed by atoms with E-state index in [4.69, 9.17) is 10.00 Å². The molecule has 1 heterocycles. The molecule has 1 aliphatic rings. The van der Waals surface area contributed by atoms with Crippen molar-refractivity contribution in [1.29, 1.82) is 5.26 Å². The van der Waals surface area contributed by atoms with Gasteiger partial charge in [-0.3, -0.25) is 0 Å². The van der Waals surface area contributed by atoms with Crippen LogP contribution in [0.3, 0.4) is 0 Å². The first kappa shape index (κ1) is 11.5. The molecule has 1 unspecified atom stereocenters. The third kappa shape index (κ3) is 5.21. The summed E-state index contributed by atoms with van der Waals surface area (Å²) in [7, 11) is 0. The van der Waals surface area contributed by atoms with Gasteiger partial charge in [0.05, 0.1) is 6.07 Å². The van der Waals surface area contributed by atoms with E-state index in [0.717, 1.165) is 26.1 Å². The topological polar surface area (TPSA) is 45.0 Å². The number of ether oxygens (including phenoxy) is 1. The molecule has 3 heteroatoms. The van der Waals surface area contributed by atoms with Gasteiger partial charge in [0.2, 0.25) is 0 Å². The highest BCUT2D eigenvalue weighted by Crippen LogP contribution is 2.09. The molecule has 0 radical (unpaired) electrons. The van der Waals surface area contributed by atoms with Crippen LogP contribution in [0.1, 0.15) is 38.5 Å². The fourth-order valence-corrected chi connectivity index (χ4v) is 1.75. The number of rotatable bonds is 6. The molecular formula is C11H20N2O. The first-order chi connectivity index (χ1) is 6.93. The number of hydrogen-bond acceptors (Lipinski definition) is 3. The zero-order valence-electron chi connectivity index (χ0n) is 8.80. The van der Waals surface area contributed by atoms with Gasteiger partial charge < -0.3 is 10.1 Å². The van der Waals surface area contributed by atoms with Gasteiger partial charge in [0.1, 0.15) is 0 Å². The van der Waals surface area contributed by atoms with Crippen molar-refractivity contribution in [2.75, 3.05) is 19.8 Å². The fraction of sp³-hybridized carbons (Fsp3) is 0.909. The van der Waals surface area contributed by atoms with E-state index in [-0.39, 0.29) is 0 Å². The lowest BCUT2D eigenvalue weighted by Crippen LogP contribution is -2.34. The lowest BCUT2D eigenvalue weighted by Gasteiger charge is -2.23. The van der Waals surface area contributed by atoms with E-state index in [1.54, 1.807) is 0 Å². The van der Waals surface area contributed by atoms with Crippen molar-refractivity contribution in [2.45, 2.75) is 44.6 Å². The van der Waals surface area contributed by atoms with E-state index in [9.17, 15) is 0 Å². The van der Waals surface area contributed by atoms with E-state index in [1.165, 1.54) is 25.8 Å². The lowest BCUT2D eigenvalue weighted by molar-refractivity contribution is 0.119. The molecule has 3 nitrogen and oxygen atoms in total. The van der Waals surface area contributed by atoms with E-state index in [2.05, 4.69) is 11.4 Å². The van der Waals surface area contributed by atoms with Gasteiger partial charge >= 0.3 is 0 Å². The summed E-state index contributed by atoms with van der Waals surface area (Å²) in [5, 5.41) is 11.8. The summed E-state index contributed by atoms with van der Waals surface area (Å²) in [4.78, 5) is 0. The normalized spacial score (nSPS) is 21.8. The monoisotopic (exact) mass is 196 g/mol. The van der Waals surface area contributed by atoms with Gasteiger partial charge in [-0.25, -0.2) is 0 Å². The van der Waals surface area contributed by atoms with Crippen molar-refractivity contribution >= 4 is 0 Å². The summed E-state index contributed by atoms with van der Waals surface area (Å²) in [6.45, 7) is 2.74. The van der Waals surface area contributed by atoms with Crippen LogP contribution in [-0.2, 0) is 4.74 Å². The maximum absolute atomic E-state index is 8.31. The van der Waals surface area contributed by atoms with Crippen LogP contribution in [-0.4, -0.2) is 25.8 Å². The number of nitrogens with zero attached hydrogens (tertiary/aromatic N) is 1. The van der Waals surface area contributed by atoms with Crippen LogP contribution < -0.4 is 5.32 Å². The Hall–Kier alpha value is -0.590. The minimum absolute atomic E-state index is 0.613. The molecule has 1 fully saturated rings. The maximum atomic E-state index is 8.31. The Kier molecular flexibility index (Phi) is 6.38. The third-order valence-electron chi connectivity index (χ3n) is 2.60. The van der Waals surface area contributed by atoms with Crippen LogP contribution in [0.15, 0.2) is 0 Å². The Bertz CT molecular complexity index is 171. The zero-order chi connectivity index (χ0) is 10.1. The second-order valence-electron chi connectivity index (χ2n) is 3.81. The van der Waals surface area contributed by atoms with Crippen molar-refractivity contribution in [1.82, 2.24) is 5.32 Å². The van der Waals surface area contributed by atoms with Gasteiger partial charge in [-0.05, 0) is 32.2 Å². The Morgan fingerprint density at radius 2 is 2.29 bits per heavy atom. The van der Waals surface area contributed by atoms with Gasteiger partial charge in [-0.1, -0.05) is 6.42 Å². The van der Waals surface area contributed by atoms with Crippen LogP contribution in [0.25, 0.3) is 0 Å². The van der Waals surface area contributed by atoms with E-state index >= 15 is 0 Å². The second kappa shape index (κ2) is 7.78. The molecule has 1 atom stereocenters. The summed E-state index contributed by atoms with van der Waals surface area (Å²) in [6.07, 6.45) is 6.57. The summed E-state index contributed by atoms with van der Waals surface area (Å²) in [5.74, 6) is 0. The maximum Gasteiger partial charge on any atom is 0.0622 e. The van der Waals surface area contributed by atoms with Gasteiger partial charge in [0.15, 0.2) is 0 Å². The number of unbranched alkanes of at least 4 members (excludes halogenated alkanes) is 1. The smallest absolute Gasteiger partial charge is 0.0622 e. The van der Waals surface area contributed by atoms with Crippen molar-refractivity contribution in [3.8, 4) is 6.07 Å². The molecular weight excluding hydrogens is 176 g/mol. The van der Waals surface area contributed by atoms with Crippen LogP contribution >= 0.6 is 0 Å². The Labute approximate surface area is 86.4 Å². The van der Waals surface area contributed by atoms with Crippen LogP contribution in [0, 0.1) is 11.3 Å². The zero-order valence-corrected chi connectivity index (χ0v) is 8.80. The number of nitrogens with one attached hydrogen (secondary N) is 1. The molecule has 0 aromatic heterocycles. The van der Waals surface area contributed by atoms with Gasteiger partial charge in [-0.2, -0.15) is 5.26 Å². The Morgan fingerprint density at radius 3 is 3.00 bits per heavy atom. The van der Waals surface area contributed by atoms with E-state index < -0.39 is 0 Å². The van der Waals surface area contributed by atoms with E-state index in [0.29, 0.717) is 12.5 Å². The summed E-state index contributed by atoms with van der Waals surface area (Å²) in [5.41, 5.74) is 0. The molecule has 80 valence electrons. The van der Waals surface area contributed by atoms with Crippen molar-refractivity contribution in [2.24, 2.45) is 0 Å². The predicted octanol–water partition coefficient (Wildman–Crippen LogP) is 1.84. The average molecular weight is 196 g/mol. The first-order valence-corrected chi connectivity index (χ1v) is 5.61. The molecule has 14 heavy (non-hydrogen) atoms. The molecule has 1 aliphatic heterocycles. The van der Waals surface area contributed by atoms with Crippen molar-refractivity contribution in [3.05, 3.63) is 0 Å². The number of nitriles is 1. The lowest BCUT2D eigenvalue weighted by atomic mass is 10.0. The van der Waals surface area contributed by atoms with Crippen LogP contribution in [0.4, 0.5) is 0 Å². The minimum Gasteiger partial charge on any atom is -0.381 e. The SMILES string of the molecule is N#CCCCOCCC1CCCCN1. The summed E-state index contributed by atoms with van der Waals surface area (Å²) in [6, 6.07) is 2.78. The third-order valence-corrected chi connectivity index (χ3v) is 2.60. The van der Waals surface area contributed by atoms with Crippen molar-refractivity contribution in [3.63, 3.8) is 0 Å². The number of piperidine rings is 1. The molecule has 0 amide bonds. The van der Waals surface area contributed by atoms with Gasteiger partial charge in [0, 0.05) is 25.7 Å². The Balaban J connectivity index is 1.85.